The second-order valence-corrected chi connectivity index (χ2v) is 14.1. The molecule has 11 rings (SSSR count). The molecule has 0 saturated heterocycles. The normalized spacial score (nSPS) is 11.7. The van der Waals surface area contributed by atoms with Crippen LogP contribution < -0.4 is 4.90 Å². The molecule has 10 aromatic carbocycles. The SMILES string of the molecule is c1ccc(-c2ccc(N(c3ccc(-c4ccc5c(ccc6ccc7ccccc7c65)c4)cc3)c3ccc4c(ccc5c6ccccc6oc45)c3)cc2)cc1. The Labute approximate surface area is 312 Å². The summed E-state index contributed by atoms with van der Waals surface area (Å²) < 4.78 is 6.40. The molecule has 0 atom stereocenters. The standard InChI is InChI=1S/C52H33NO/c1-2-8-34(9-3-1)35-18-24-42(25-19-35)53(44-28-31-47-41(33-44)23-30-49-48-12-6-7-13-50(48)54-52(47)49)43-26-20-36(21-27-43)39-22-29-46-40(32-39)17-16-38-15-14-37-10-4-5-11-45(37)51(38)46/h1-33H. The fourth-order valence-corrected chi connectivity index (χ4v) is 8.34. The summed E-state index contributed by atoms with van der Waals surface area (Å²) in [6, 6.07) is 72.3. The van der Waals surface area contributed by atoms with Gasteiger partial charge in [-0.1, -0.05) is 140 Å². The van der Waals surface area contributed by atoms with Crippen LogP contribution in [-0.2, 0) is 0 Å². The van der Waals surface area contributed by atoms with Crippen molar-refractivity contribution in [3.8, 4) is 22.3 Å². The summed E-state index contributed by atoms with van der Waals surface area (Å²) in [7, 11) is 0. The van der Waals surface area contributed by atoms with Crippen molar-refractivity contribution in [3.05, 3.63) is 200 Å². The van der Waals surface area contributed by atoms with Gasteiger partial charge in [-0.15, -0.1) is 0 Å². The minimum atomic E-state index is 0.914. The number of hydrogen-bond donors (Lipinski definition) is 0. The zero-order chi connectivity index (χ0) is 35.6. The number of furan rings is 1. The van der Waals surface area contributed by atoms with Crippen LogP contribution >= 0.6 is 0 Å². The summed E-state index contributed by atoms with van der Waals surface area (Å²) in [6.07, 6.45) is 0. The third-order valence-corrected chi connectivity index (χ3v) is 11.0. The number of nitrogens with zero attached hydrogens (tertiary/aromatic N) is 1. The van der Waals surface area contributed by atoms with Crippen LogP contribution in [0.5, 0.6) is 0 Å². The Morgan fingerprint density at radius 1 is 0.296 bits per heavy atom. The van der Waals surface area contributed by atoms with Crippen molar-refractivity contribution in [1.29, 1.82) is 0 Å². The molecule has 0 fully saturated rings. The lowest BCUT2D eigenvalue weighted by molar-refractivity contribution is 0.672. The highest BCUT2D eigenvalue weighted by Gasteiger charge is 2.17. The van der Waals surface area contributed by atoms with E-state index in [9.17, 15) is 0 Å². The van der Waals surface area contributed by atoms with E-state index in [1.165, 1.54) is 54.6 Å². The van der Waals surface area contributed by atoms with Crippen LogP contribution in [0.25, 0.3) is 87.3 Å². The Hall–Kier alpha value is -7.16. The molecule has 2 heteroatoms. The predicted octanol–water partition coefficient (Wildman–Crippen LogP) is 15.0. The molecule has 11 aromatic rings. The molecule has 0 aliphatic carbocycles. The maximum atomic E-state index is 6.40. The number of para-hydroxylation sites is 1. The van der Waals surface area contributed by atoms with Gasteiger partial charge in [0.25, 0.3) is 0 Å². The lowest BCUT2D eigenvalue weighted by Gasteiger charge is -2.26. The summed E-state index contributed by atoms with van der Waals surface area (Å²) in [4.78, 5) is 2.35. The molecule has 1 aromatic heterocycles. The van der Waals surface area contributed by atoms with Gasteiger partial charge in [-0.3, -0.25) is 0 Å². The Morgan fingerprint density at radius 3 is 1.61 bits per heavy atom. The van der Waals surface area contributed by atoms with Gasteiger partial charge in [-0.2, -0.15) is 0 Å². The van der Waals surface area contributed by atoms with E-state index in [4.69, 9.17) is 4.42 Å². The monoisotopic (exact) mass is 687 g/mol. The molecular formula is C52H33NO. The number of fused-ring (bicyclic) bond motifs is 10. The summed E-state index contributed by atoms with van der Waals surface area (Å²) in [5.41, 5.74) is 9.90. The van der Waals surface area contributed by atoms with Gasteiger partial charge in [-0.05, 0) is 121 Å². The summed E-state index contributed by atoms with van der Waals surface area (Å²) in [6.45, 7) is 0. The molecular weight excluding hydrogens is 655 g/mol. The molecule has 0 amide bonds. The highest BCUT2D eigenvalue weighted by Crippen LogP contribution is 2.41. The van der Waals surface area contributed by atoms with Crippen molar-refractivity contribution in [1.82, 2.24) is 0 Å². The average molecular weight is 688 g/mol. The third-order valence-electron chi connectivity index (χ3n) is 11.0. The Bertz CT molecular complexity index is 3190. The second kappa shape index (κ2) is 12.2. The van der Waals surface area contributed by atoms with Gasteiger partial charge < -0.3 is 9.32 Å². The number of anilines is 3. The van der Waals surface area contributed by atoms with Crippen LogP contribution in [0.1, 0.15) is 0 Å². The smallest absolute Gasteiger partial charge is 0.143 e. The van der Waals surface area contributed by atoms with Crippen molar-refractivity contribution in [3.63, 3.8) is 0 Å². The van der Waals surface area contributed by atoms with Crippen molar-refractivity contribution < 1.29 is 4.42 Å². The molecule has 0 N–H and O–H groups in total. The van der Waals surface area contributed by atoms with Gasteiger partial charge in [0.1, 0.15) is 11.2 Å². The molecule has 0 unspecified atom stereocenters. The van der Waals surface area contributed by atoms with Crippen LogP contribution in [0.2, 0.25) is 0 Å². The van der Waals surface area contributed by atoms with Gasteiger partial charge in [0.2, 0.25) is 0 Å². The van der Waals surface area contributed by atoms with E-state index < -0.39 is 0 Å². The van der Waals surface area contributed by atoms with Gasteiger partial charge in [0, 0.05) is 33.2 Å². The van der Waals surface area contributed by atoms with Crippen molar-refractivity contribution in [2.75, 3.05) is 4.90 Å². The Balaban J connectivity index is 1.01. The first-order chi connectivity index (χ1) is 26.7. The molecule has 0 aliphatic rings. The van der Waals surface area contributed by atoms with Gasteiger partial charge in [-0.25, -0.2) is 0 Å². The molecule has 0 bridgehead atoms. The lowest BCUT2D eigenvalue weighted by atomic mass is 9.94. The van der Waals surface area contributed by atoms with Gasteiger partial charge in [0.05, 0.1) is 0 Å². The quantitative estimate of drug-likeness (QED) is 0.168. The largest absolute Gasteiger partial charge is 0.455 e. The maximum absolute atomic E-state index is 6.40. The summed E-state index contributed by atoms with van der Waals surface area (Å²) in [5.74, 6) is 0. The molecule has 0 aliphatic heterocycles. The highest BCUT2D eigenvalue weighted by molar-refractivity contribution is 6.20. The van der Waals surface area contributed by atoms with Crippen LogP contribution in [0, 0.1) is 0 Å². The van der Waals surface area contributed by atoms with Crippen LogP contribution in [-0.4, -0.2) is 0 Å². The average Bonchev–Trinajstić information content (AvgIpc) is 3.63. The van der Waals surface area contributed by atoms with E-state index in [0.717, 1.165) is 49.8 Å². The van der Waals surface area contributed by atoms with Crippen LogP contribution in [0.3, 0.4) is 0 Å². The molecule has 54 heavy (non-hydrogen) atoms. The third kappa shape index (κ3) is 4.96. The number of hydrogen-bond acceptors (Lipinski definition) is 2. The fraction of sp³-hybridized carbons (Fsp3) is 0. The highest BCUT2D eigenvalue weighted by atomic mass is 16.3. The van der Waals surface area contributed by atoms with Gasteiger partial charge in [0.15, 0.2) is 0 Å². The van der Waals surface area contributed by atoms with Gasteiger partial charge >= 0.3 is 0 Å². The summed E-state index contributed by atoms with van der Waals surface area (Å²) >= 11 is 0. The molecule has 1 heterocycles. The van der Waals surface area contributed by atoms with E-state index in [2.05, 4.69) is 193 Å². The van der Waals surface area contributed by atoms with Crippen molar-refractivity contribution in [2.24, 2.45) is 0 Å². The molecule has 0 saturated carbocycles. The minimum Gasteiger partial charge on any atom is -0.455 e. The van der Waals surface area contributed by atoms with E-state index in [0.29, 0.717) is 0 Å². The van der Waals surface area contributed by atoms with E-state index in [-0.39, 0.29) is 0 Å². The molecule has 0 spiro atoms. The van der Waals surface area contributed by atoms with E-state index in [1.807, 2.05) is 12.1 Å². The Morgan fingerprint density at radius 2 is 0.815 bits per heavy atom. The fourth-order valence-electron chi connectivity index (χ4n) is 8.34. The molecule has 0 radical (unpaired) electrons. The maximum Gasteiger partial charge on any atom is 0.143 e. The minimum absolute atomic E-state index is 0.914. The lowest BCUT2D eigenvalue weighted by Crippen LogP contribution is -2.09. The zero-order valence-corrected chi connectivity index (χ0v) is 29.4. The van der Waals surface area contributed by atoms with Crippen molar-refractivity contribution in [2.45, 2.75) is 0 Å². The number of benzene rings is 10. The predicted molar refractivity (Wildman–Crippen MR) is 229 cm³/mol. The van der Waals surface area contributed by atoms with Crippen LogP contribution in [0.15, 0.2) is 205 Å². The van der Waals surface area contributed by atoms with Crippen LogP contribution in [0.4, 0.5) is 17.1 Å². The zero-order valence-electron chi connectivity index (χ0n) is 29.4. The molecule has 2 nitrogen and oxygen atoms in total. The first kappa shape index (κ1) is 30.5. The second-order valence-electron chi connectivity index (χ2n) is 14.1. The van der Waals surface area contributed by atoms with E-state index >= 15 is 0 Å². The van der Waals surface area contributed by atoms with E-state index in [1.54, 1.807) is 0 Å². The topological polar surface area (TPSA) is 16.4 Å². The molecule has 252 valence electrons. The Kier molecular flexibility index (Phi) is 6.90. The first-order valence-electron chi connectivity index (χ1n) is 18.5. The first-order valence-corrected chi connectivity index (χ1v) is 18.5. The summed E-state index contributed by atoms with van der Waals surface area (Å²) in [5, 5.41) is 12.2. The van der Waals surface area contributed by atoms with Crippen molar-refractivity contribution >= 4 is 82.1 Å². The number of rotatable bonds is 5.